The number of aryl methyl sites for hydroxylation is 2. The van der Waals surface area contributed by atoms with Gasteiger partial charge in [0.2, 0.25) is 47.3 Å². The highest BCUT2D eigenvalue weighted by Crippen LogP contribution is 2.58. The number of ether oxygens (including phenoxy) is 6. The number of imide groups is 1. The number of phenolic OH excluding ortho intramolecular Hbond substituents is 1. The predicted molar refractivity (Wildman–Crippen MR) is 444 cm³/mol. The maximum atomic E-state index is 14.6. The Morgan fingerprint density at radius 2 is 1.30 bits per heavy atom. The molecule has 5 aliphatic rings. The number of esters is 1. The summed E-state index contributed by atoms with van der Waals surface area (Å²) in [6.45, 7) is 13.8. The lowest BCUT2D eigenvalue weighted by Gasteiger charge is -2.54. The van der Waals surface area contributed by atoms with Gasteiger partial charge in [0, 0.05) is 49.3 Å². The number of aliphatic hydroxyl groups excluding tert-OH is 1. The molecule has 10 amide bonds. The first kappa shape index (κ1) is 94.8. The van der Waals surface area contributed by atoms with Gasteiger partial charge in [0.05, 0.1) is 95.2 Å². The van der Waals surface area contributed by atoms with E-state index < -0.39 is 117 Å². The van der Waals surface area contributed by atoms with Crippen LogP contribution in [0.1, 0.15) is 209 Å². The Kier molecular flexibility index (Phi) is 36.1. The summed E-state index contributed by atoms with van der Waals surface area (Å²) in [6, 6.07) is 14.8. The van der Waals surface area contributed by atoms with Gasteiger partial charge in [-0.05, 0) is 189 Å². The maximum Gasteiger partial charge on any atom is 0.312 e. The Bertz CT molecular complexity index is 4260. The van der Waals surface area contributed by atoms with Crippen LogP contribution >= 0.6 is 0 Å². The van der Waals surface area contributed by atoms with Gasteiger partial charge in [0.1, 0.15) is 42.8 Å². The first-order chi connectivity index (χ1) is 57.4. The summed E-state index contributed by atoms with van der Waals surface area (Å²) in [5, 5.41) is 52.0. The number of benzene rings is 3. The third kappa shape index (κ3) is 27.2. The second-order valence-corrected chi connectivity index (χ2v) is 35.2. The molecule has 0 bridgehead atoms. The number of rotatable bonds is 46. The van der Waals surface area contributed by atoms with E-state index in [0.717, 1.165) is 93.0 Å². The largest absolute Gasteiger partial charge is 0.508 e. The summed E-state index contributed by atoms with van der Waals surface area (Å²) in [4.78, 5) is 134. The van der Waals surface area contributed by atoms with Gasteiger partial charge >= 0.3 is 12.0 Å². The molecule has 5 aliphatic carbocycles. The second-order valence-electron chi connectivity index (χ2n) is 33.6. The van der Waals surface area contributed by atoms with E-state index in [4.69, 9.17) is 38.7 Å². The number of aliphatic hydroxyl groups is 1. The minimum absolute atomic E-state index is 0.00819. The van der Waals surface area contributed by atoms with Gasteiger partial charge in [0.25, 0.3) is 10.1 Å². The van der Waals surface area contributed by atoms with Gasteiger partial charge in [-0.3, -0.25) is 53.0 Å². The maximum absolute atomic E-state index is 14.6. The molecule has 2 saturated carbocycles. The molecule has 33 nitrogen and oxygen atoms in total. The molecule has 120 heavy (non-hydrogen) atoms. The van der Waals surface area contributed by atoms with E-state index in [2.05, 4.69) is 66.7 Å². The van der Waals surface area contributed by atoms with Crippen molar-refractivity contribution in [3.8, 4) is 5.75 Å². The van der Waals surface area contributed by atoms with Crippen molar-refractivity contribution in [2.75, 3.05) is 102 Å². The average Bonchev–Trinajstić information content (AvgIpc) is 0.794. The van der Waals surface area contributed by atoms with Crippen LogP contribution in [0.5, 0.6) is 5.75 Å². The molecule has 13 N–H and O–H groups in total. The van der Waals surface area contributed by atoms with E-state index in [1.165, 1.54) is 5.56 Å². The van der Waals surface area contributed by atoms with Crippen LogP contribution in [0.4, 0.5) is 16.2 Å². The van der Waals surface area contributed by atoms with Crippen molar-refractivity contribution in [2.24, 2.45) is 46.7 Å². The van der Waals surface area contributed by atoms with Crippen LogP contribution in [0.15, 0.2) is 60.7 Å². The number of urea groups is 1. The number of hydrogen-bond acceptors (Lipinski definition) is 22. The van der Waals surface area contributed by atoms with E-state index in [-0.39, 0.29) is 105 Å². The molecule has 0 aliphatic heterocycles. The number of aromatic hydroxyl groups is 1. The molecule has 0 saturated heterocycles. The number of hydrogen-bond donors (Lipinski definition) is 12. The fourth-order valence-electron chi connectivity index (χ4n) is 17.9. The van der Waals surface area contributed by atoms with Crippen LogP contribution in [0, 0.1) is 40.9 Å². The van der Waals surface area contributed by atoms with E-state index in [1.807, 2.05) is 35.9 Å². The first-order valence-corrected chi connectivity index (χ1v) is 44.3. The van der Waals surface area contributed by atoms with Gasteiger partial charge in [-0.25, -0.2) is 9.48 Å². The number of unbranched alkanes of at least 4 members (excludes halogenated alkanes) is 1. The quantitative estimate of drug-likeness (QED) is 0.00925. The standard InChI is InChI=1S/C86H126N12O21S/c1-55(2)75(94-77(104)56(3)15-10-11-36-88-73(102)54-118-70-19-9-7-8-18-69-76(70)96-97-98(69)39-41-115-43-45-117-47-46-116-44-42-114-40-32-72(101)89-38-48-120(111,112)113)81(108)93-68(17-13-37-90-83(87)110)80(107)91-61-26-20-57(21-27-61)53-119-74(103)49-60(52-99)78(105)92-62-28-22-58-24-30-65-64(16-12-33-84(65,4)66(58)50-62)79(106)95-82(109)86(6)35-14-34-85(5)67-51-63(100)29-23-59(67)25-31-71(85)86/h20-23,26-29,50-51,55-56,60,64-65,68,70-71,75,99-100H,7-19,24-25,30-49,52-54H2,1-6H3,(H,88,102)(H,89,101)(H,91,107)(H,92,105)(H,93,108)(H,94,104)(H3,87,90,110)(H,95,106,109)(H,111,112,113)/t56-,60+,64?,65+,68+,70?,71-,75+,84+,85-,86+/m1/s1. The van der Waals surface area contributed by atoms with Crippen molar-refractivity contribution >= 4 is 80.8 Å². The SMILES string of the molecule is CC(C)[C@H](NC(=O)[C@H](C)CCCCNC(=O)COC1CCCCCc2c1nnn2CCOCCOCCOCCOCCC(=O)NCCS(=O)(=O)O)C(=O)N[C@@H](CCCNC(N)=O)C(=O)Nc1ccc(COC(=O)C[C@@H](CO)C(=O)Nc2ccc3c(c2)[C@@]2(C)CCCC(C(=O)NC(=O)[C@@]4(C)CCC[C@]5(C)c6cc(O)ccc6CC[C@@H]45)[C@@H]2CC3)cc1. The fourth-order valence-corrected chi connectivity index (χ4v) is 18.3. The van der Waals surface area contributed by atoms with Crippen molar-refractivity contribution in [3.63, 3.8) is 0 Å². The molecule has 9 rings (SSSR count). The number of amides is 10. The zero-order valence-corrected chi connectivity index (χ0v) is 71.2. The third-order valence-electron chi connectivity index (χ3n) is 24.7. The molecule has 4 aromatic rings. The minimum atomic E-state index is -4.14. The zero-order chi connectivity index (χ0) is 86.6. The average molecular weight is 1700 g/mol. The smallest absolute Gasteiger partial charge is 0.312 e. The molecule has 1 heterocycles. The second kappa shape index (κ2) is 45.7. The summed E-state index contributed by atoms with van der Waals surface area (Å²) in [5.74, 6) is -6.93. The highest BCUT2D eigenvalue weighted by atomic mass is 32.2. The highest BCUT2D eigenvalue weighted by molar-refractivity contribution is 7.85. The molecule has 34 heteroatoms. The molecular formula is C86H126N12O21S. The molecule has 3 aromatic carbocycles. The Morgan fingerprint density at radius 1 is 0.642 bits per heavy atom. The van der Waals surface area contributed by atoms with Crippen LogP contribution in [0.2, 0.25) is 0 Å². The Balaban J connectivity index is 0.659. The van der Waals surface area contributed by atoms with Gasteiger partial charge in [-0.1, -0.05) is 103 Å². The molecule has 662 valence electrons. The van der Waals surface area contributed by atoms with Crippen LogP contribution in [-0.4, -0.2) is 201 Å². The number of nitrogens with two attached hydrogens (primary N) is 1. The van der Waals surface area contributed by atoms with E-state index >= 15 is 0 Å². The summed E-state index contributed by atoms with van der Waals surface area (Å²) >= 11 is 0. The number of aromatic nitrogens is 3. The van der Waals surface area contributed by atoms with Crippen molar-refractivity contribution in [1.29, 1.82) is 0 Å². The normalized spacial score (nSPS) is 21.6. The number of carbonyl (C=O) groups is 10. The van der Waals surface area contributed by atoms with Crippen LogP contribution in [0.25, 0.3) is 0 Å². The summed E-state index contributed by atoms with van der Waals surface area (Å²) in [5.41, 5.74) is 11.2. The van der Waals surface area contributed by atoms with Crippen molar-refractivity contribution in [2.45, 2.75) is 225 Å². The molecule has 11 atom stereocenters. The van der Waals surface area contributed by atoms with E-state index in [1.54, 1.807) is 57.2 Å². The molecular weight excluding hydrogens is 1570 g/mol. The number of primary amides is 1. The summed E-state index contributed by atoms with van der Waals surface area (Å²) in [6.07, 6.45) is 13.1. The highest BCUT2D eigenvalue weighted by Gasteiger charge is 2.56. The monoisotopic (exact) mass is 1690 g/mol. The Morgan fingerprint density at radius 3 is 2.01 bits per heavy atom. The third-order valence-corrected chi connectivity index (χ3v) is 25.4. The number of nitrogens with zero attached hydrogens (tertiary/aromatic N) is 3. The Labute approximate surface area is 703 Å². The summed E-state index contributed by atoms with van der Waals surface area (Å²) < 4.78 is 66.0. The predicted octanol–water partition coefficient (Wildman–Crippen LogP) is 6.91. The van der Waals surface area contributed by atoms with Crippen LogP contribution < -0.4 is 48.3 Å². The van der Waals surface area contributed by atoms with Gasteiger partial charge in [-0.15, -0.1) is 5.10 Å². The number of anilines is 2. The Hall–Kier alpha value is -9.03. The lowest BCUT2D eigenvalue weighted by molar-refractivity contribution is -0.148. The van der Waals surface area contributed by atoms with Gasteiger partial charge in [0.15, 0.2) is 0 Å². The lowest BCUT2D eigenvalue weighted by atomic mass is 9.49. The molecule has 2 fully saturated rings. The topological polar surface area (TPSA) is 474 Å². The number of fused-ring (bicyclic) bond motifs is 7. The van der Waals surface area contributed by atoms with Crippen LogP contribution in [0.3, 0.4) is 0 Å². The number of phenols is 1. The van der Waals surface area contributed by atoms with E-state index in [0.29, 0.717) is 120 Å². The zero-order valence-electron chi connectivity index (χ0n) is 70.4. The van der Waals surface area contributed by atoms with Crippen molar-refractivity contribution in [3.05, 3.63) is 99.9 Å². The van der Waals surface area contributed by atoms with Crippen molar-refractivity contribution in [1.82, 2.24) is 46.9 Å². The minimum Gasteiger partial charge on any atom is -0.508 e. The van der Waals surface area contributed by atoms with Gasteiger partial charge < -0.3 is 81.6 Å². The number of carbonyl (C=O) groups excluding carboxylic acids is 10. The fraction of sp³-hybridized carbons (Fsp3) is 0.651. The van der Waals surface area contributed by atoms with Gasteiger partial charge in [-0.2, -0.15) is 8.42 Å². The summed E-state index contributed by atoms with van der Waals surface area (Å²) in [7, 11) is -4.14. The molecule has 0 spiro atoms. The van der Waals surface area contributed by atoms with Crippen molar-refractivity contribution < 1.29 is 99.6 Å². The lowest BCUT2D eigenvalue weighted by Crippen LogP contribution is -2.57. The molecule has 1 aromatic heterocycles. The molecule has 2 unspecified atom stereocenters. The number of nitrogens with one attached hydrogen (secondary N) is 8. The van der Waals surface area contributed by atoms with E-state index in [9.17, 15) is 66.6 Å². The first-order valence-electron chi connectivity index (χ1n) is 42.6. The molecule has 0 radical (unpaired) electrons. The van der Waals surface area contributed by atoms with Crippen LogP contribution in [-0.2, 0) is 125 Å².